The van der Waals surface area contributed by atoms with Gasteiger partial charge in [-0.25, -0.2) is 4.98 Å². The molecule has 1 N–H and O–H groups in total. The molecule has 0 saturated heterocycles. The van der Waals surface area contributed by atoms with Gasteiger partial charge in [0.05, 0.1) is 5.69 Å². The van der Waals surface area contributed by atoms with Crippen molar-refractivity contribution in [1.82, 2.24) is 4.98 Å². The molecule has 0 spiro atoms. The Balaban J connectivity index is 1.76. The molecule has 0 saturated carbocycles. The molecule has 2 aliphatic rings. The number of rotatable bonds is 1. The summed E-state index contributed by atoms with van der Waals surface area (Å²) >= 11 is 1.90. The number of hydrogen-bond donors (Lipinski definition) is 1. The first-order valence-electron chi connectivity index (χ1n) is 6.76. The normalized spacial score (nSPS) is 17.1. The highest BCUT2D eigenvalue weighted by Gasteiger charge is 2.17. The highest BCUT2D eigenvalue weighted by molar-refractivity contribution is 7.15. The summed E-state index contributed by atoms with van der Waals surface area (Å²) in [7, 11) is 0. The Hall–Kier alpha value is -1.35. The summed E-state index contributed by atoms with van der Waals surface area (Å²) in [5.41, 5.74) is 5.41. The standard InChI is InChI=1S/C15H16N2S/c1-2-4-14-13(3-1)17-15(18-14)11-5-6-12-10(9-11)7-8-16-12/h5-6,9,16H,1-4,7-8H2. The van der Waals surface area contributed by atoms with E-state index in [9.17, 15) is 0 Å². The topological polar surface area (TPSA) is 24.9 Å². The number of thiazole rings is 1. The van der Waals surface area contributed by atoms with Crippen LogP contribution in [0.4, 0.5) is 5.69 Å². The highest BCUT2D eigenvalue weighted by Crippen LogP contribution is 2.34. The Morgan fingerprint density at radius 1 is 1.11 bits per heavy atom. The summed E-state index contributed by atoms with van der Waals surface area (Å²) in [6.07, 6.45) is 6.21. The van der Waals surface area contributed by atoms with Crippen LogP contribution in [0, 0.1) is 0 Å². The SMILES string of the molecule is c1cc2c(cc1-c1nc3c(s1)CCCC3)CCN2. The van der Waals surface area contributed by atoms with Crippen LogP contribution in [0.2, 0.25) is 0 Å². The Labute approximate surface area is 111 Å². The predicted octanol–water partition coefficient (Wildman–Crippen LogP) is 3.66. The van der Waals surface area contributed by atoms with Crippen LogP contribution in [0.25, 0.3) is 10.6 Å². The molecule has 0 bridgehead atoms. The lowest BCUT2D eigenvalue weighted by Gasteiger charge is -2.06. The van der Waals surface area contributed by atoms with E-state index in [1.54, 1.807) is 0 Å². The molecular weight excluding hydrogens is 240 g/mol. The summed E-state index contributed by atoms with van der Waals surface area (Å²) in [4.78, 5) is 6.37. The number of fused-ring (bicyclic) bond motifs is 2. The van der Waals surface area contributed by atoms with Crippen LogP contribution in [-0.2, 0) is 19.3 Å². The summed E-state index contributed by atoms with van der Waals surface area (Å²) in [5.74, 6) is 0. The molecule has 0 unspecified atom stereocenters. The van der Waals surface area contributed by atoms with Crippen molar-refractivity contribution in [3.63, 3.8) is 0 Å². The Bertz CT molecular complexity index is 577. The van der Waals surface area contributed by atoms with Gasteiger partial charge in [0.25, 0.3) is 0 Å². The molecule has 3 heteroatoms. The molecule has 0 fully saturated rings. The van der Waals surface area contributed by atoms with Crippen LogP contribution in [0.3, 0.4) is 0 Å². The zero-order valence-corrected chi connectivity index (χ0v) is 11.1. The van der Waals surface area contributed by atoms with Gasteiger partial charge in [0.2, 0.25) is 0 Å². The van der Waals surface area contributed by atoms with E-state index in [1.165, 1.54) is 58.1 Å². The third kappa shape index (κ3) is 1.65. The molecule has 2 aromatic rings. The molecule has 92 valence electrons. The number of benzene rings is 1. The second-order valence-electron chi connectivity index (χ2n) is 5.14. The lowest BCUT2D eigenvalue weighted by Crippen LogP contribution is -1.98. The lowest BCUT2D eigenvalue weighted by molar-refractivity contribution is 0.682. The van der Waals surface area contributed by atoms with Gasteiger partial charge in [0.15, 0.2) is 0 Å². The van der Waals surface area contributed by atoms with Crippen LogP contribution in [0.5, 0.6) is 0 Å². The van der Waals surface area contributed by atoms with Gasteiger partial charge in [-0.1, -0.05) is 0 Å². The van der Waals surface area contributed by atoms with E-state index in [0.29, 0.717) is 0 Å². The zero-order chi connectivity index (χ0) is 11.9. The van der Waals surface area contributed by atoms with E-state index in [4.69, 9.17) is 4.98 Å². The van der Waals surface area contributed by atoms with Crippen molar-refractivity contribution in [3.05, 3.63) is 34.3 Å². The lowest BCUT2D eigenvalue weighted by atomic mass is 10.0. The fraction of sp³-hybridized carbons (Fsp3) is 0.400. The molecule has 0 amide bonds. The Morgan fingerprint density at radius 2 is 2.06 bits per heavy atom. The minimum atomic E-state index is 1.08. The first-order chi connectivity index (χ1) is 8.90. The molecule has 18 heavy (non-hydrogen) atoms. The van der Waals surface area contributed by atoms with Crippen molar-refractivity contribution >= 4 is 17.0 Å². The molecule has 2 nitrogen and oxygen atoms in total. The number of nitrogens with zero attached hydrogens (tertiary/aromatic N) is 1. The zero-order valence-electron chi connectivity index (χ0n) is 10.3. The maximum absolute atomic E-state index is 4.84. The van der Waals surface area contributed by atoms with E-state index < -0.39 is 0 Å². The number of aromatic nitrogens is 1. The van der Waals surface area contributed by atoms with Gasteiger partial charge < -0.3 is 5.32 Å². The average Bonchev–Trinajstić information content (AvgIpc) is 3.04. The van der Waals surface area contributed by atoms with Gasteiger partial charge in [-0.3, -0.25) is 0 Å². The molecule has 1 aromatic heterocycles. The number of nitrogens with one attached hydrogen (secondary N) is 1. The van der Waals surface area contributed by atoms with Gasteiger partial charge in [-0.05, 0) is 55.9 Å². The van der Waals surface area contributed by atoms with Gasteiger partial charge in [-0.2, -0.15) is 0 Å². The van der Waals surface area contributed by atoms with E-state index in [2.05, 4.69) is 23.5 Å². The van der Waals surface area contributed by atoms with Crippen molar-refractivity contribution in [1.29, 1.82) is 0 Å². The molecule has 2 heterocycles. The number of anilines is 1. The molecule has 0 atom stereocenters. The molecule has 1 aromatic carbocycles. The maximum atomic E-state index is 4.84. The van der Waals surface area contributed by atoms with Crippen molar-refractivity contribution < 1.29 is 0 Å². The van der Waals surface area contributed by atoms with E-state index in [0.717, 1.165) is 13.0 Å². The van der Waals surface area contributed by atoms with Crippen molar-refractivity contribution in [2.75, 3.05) is 11.9 Å². The number of aryl methyl sites for hydroxylation is 2. The third-order valence-electron chi connectivity index (χ3n) is 3.91. The first kappa shape index (κ1) is 10.6. The molecular formula is C15H16N2S. The minimum Gasteiger partial charge on any atom is -0.384 e. The fourth-order valence-electron chi connectivity index (χ4n) is 2.91. The highest BCUT2D eigenvalue weighted by atomic mass is 32.1. The van der Waals surface area contributed by atoms with E-state index >= 15 is 0 Å². The fourth-order valence-corrected chi connectivity index (χ4v) is 4.06. The molecule has 0 radical (unpaired) electrons. The maximum Gasteiger partial charge on any atom is 0.123 e. The Morgan fingerprint density at radius 3 is 3.00 bits per heavy atom. The van der Waals surface area contributed by atoms with E-state index in [1.807, 2.05) is 11.3 Å². The Kier molecular flexibility index (Phi) is 2.40. The van der Waals surface area contributed by atoms with Crippen LogP contribution < -0.4 is 5.32 Å². The first-order valence-corrected chi connectivity index (χ1v) is 7.57. The molecule has 1 aliphatic heterocycles. The van der Waals surface area contributed by atoms with Crippen LogP contribution in [0.1, 0.15) is 29.0 Å². The minimum absolute atomic E-state index is 1.08. The second-order valence-corrected chi connectivity index (χ2v) is 6.23. The summed E-state index contributed by atoms with van der Waals surface area (Å²) in [6, 6.07) is 6.74. The monoisotopic (exact) mass is 256 g/mol. The summed E-state index contributed by atoms with van der Waals surface area (Å²) in [5, 5.41) is 4.63. The molecule has 4 rings (SSSR count). The van der Waals surface area contributed by atoms with Crippen LogP contribution in [-0.4, -0.2) is 11.5 Å². The van der Waals surface area contributed by atoms with Crippen LogP contribution >= 0.6 is 11.3 Å². The predicted molar refractivity (Wildman–Crippen MR) is 76.4 cm³/mol. The largest absolute Gasteiger partial charge is 0.384 e. The van der Waals surface area contributed by atoms with Crippen molar-refractivity contribution in [2.24, 2.45) is 0 Å². The van der Waals surface area contributed by atoms with Gasteiger partial charge in [-0.15, -0.1) is 11.3 Å². The molecule has 1 aliphatic carbocycles. The van der Waals surface area contributed by atoms with Crippen molar-refractivity contribution in [2.45, 2.75) is 32.1 Å². The second kappa shape index (κ2) is 4.09. The van der Waals surface area contributed by atoms with Gasteiger partial charge >= 0.3 is 0 Å². The van der Waals surface area contributed by atoms with Crippen LogP contribution in [0.15, 0.2) is 18.2 Å². The van der Waals surface area contributed by atoms with Gasteiger partial charge in [0, 0.05) is 22.7 Å². The third-order valence-corrected chi connectivity index (χ3v) is 5.11. The van der Waals surface area contributed by atoms with E-state index in [-0.39, 0.29) is 0 Å². The average molecular weight is 256 g/mol. The van der Waals surface area contributed by atoms with Crippen molar-refractivity contribution in [3.8, 4) is 10.6 Å². The number of hydrogen-bond acceptors (Lipinski definition) is 3. The summed E-state index contributed by atoms with van der Waals surface area (Å²) in [6.45, 7) is 1.08. The smallest absolute Gasteiger partial charge is 0.123 e. The quantitative estimate of drug-likeness (QED) is 0.842. The summed E-state index contributed by atoms with van der Waals surface area (Å²) < 4.78 is 0. The van der Waals surface area contributed by atoms with Gasteiger partial charge in [0.1, 0.15) is 5.01 Å².